The highest BCUT2D eigenvalue weighted by Gasteiger charge is 2.26. The van der Waals surface area contributed by atoms with Gasteiger partial charge in [0.05, 0.1) is 17.6 Å². The van der Waals surface area contributed by atoms with Crippen LogP contribution in [0.3, 0.4) is 0 Å². The average Bonchev–Trinajstić information content (AvgIpc) is 3.20. The zero-order chi connectivity index (χ0) is 22.0. The Balaban J connectivity index is 1.50. The third-order valence-electron chi connectivity index (χ3n) is 5.54. The largest absolute Gasteiger partial charge is 0.350 e. The van der Waals surface area contributed by atoms with Gasteiger partial charge in [-0.1, -0.05) is 6.07 Å². The van der Waals surface area contributed by atoms with Gasteiger partial charge in [0.2, 0.25) is 5.95 Å². The number of piperidine rings is 1. The van der Waals surface area contributed by atoms with Crippen molar-refractivity contribution in [2.75, 3.05) is 37.8 Å². The number of hydrogen-bond acceptors (Lipinski definition) is 4. The summed E-state index contributed by atoms with van der Waals surface area (Å²) in [6.45, 7) is 1.43. The summed E-state index contributed by atoms with van der Waals surface area (Å²) in [7, 11) is 4.07. The van der Waals surface area contributed by atoms with Gasteiger partial charge < -0.3 is 25.4 Å². The molecule has 3 heterocycles. The van der Waals surface area contributed by atoms with Crippen LogP contribution in [0, 0.1) is 5.95 Å². The van der Waals surface area contributed by atoms with Gasteiger partial charge in [0.25, 0.3) is 5.91 Å². The fourth-order valence-electron chi connectivity index (χ4n) is 3.84. The molecule has 9 heteroatoms. The number of aromatic nitrogens is 2. The van der Waals surface area contributed by atoms with E-state index in [9.17, 15) is 14.0 Å². The fraction of sp³-hybridized carbons (Fsp3) is 0.318. The molecule has 162 valence electrons. The van der Waals surface area contributed by atoms with Crippen molar-refractivity contribution in [3.05, 3.63) is 54.2 Å². The first-order chi connectivity index (χ1) is 14.9. The van der Waals surface area contributed by atoms with E-state index in [2.05, 4.69) is 25.5 Å². The first-order valence-electron chi connectivity index (χ1n) is 10.2. The van der Waals surface area contributed by atoms with E-state index in [-0.39, 0.29) is 5.91 Å². The van der Waals surface area contributed by atoms with Gasteiger partial charge >= 0.3 is 6.03 Å². The van der Waals surface area contributed by atoms with Crippen LogP contribution in [0.4, 0.5) is 20.6 Å². The molecule has 2 aromatic heterocycles. The molecule has 1 aliphatic heterocycles. The van der Waals surface area contributed by atoms with Gasteiger partial charge in [0.1, 0.15) is 5.69 Å². The second-order valence-electron chi connectivity index (χ2n) is 7.91. The monoisotopic (exact) mass is 424 g/mol. The van der Waals surface area contributed by atoms with E-state index >= 15 is 0 Å². The number of nitrogens with one attached hydrogen (secondary N) is 3. The summed E-state index contributed by atoms with van der Waals surface area (Å²) < 4.78 is 12.9. The Bertz CT molecular complexity index is 1100. The third-order valence-corrected chi connectivity index (χ3v) is 5.54. The number of halogens is 1. The van der Waals surface area contributed by atoms with Crippen LogP contribution in [-0.2, 0) is 0 Å². The van der Waals surface area contributed by atoms with Gasteiger partial charge in [0, 0.05) is 30.0 Å². The number of urea groups is 1. The molecule has 4 rings (SSSR count). The van der Waals surface area contributed by atoms with Crippen LogP contribution in [0.1, 0.15) is 23.3 Å². The molecule has 0 radical (unpaired) electrons. The quantitative estimate of drug-likeness (QED) is 0.559. The number of rotatable bonds is 4. The number of carbonyl (C=O) groups excluding carboxylic acids is 2. The van der Waals surface area contributed by atoms with Crippen LogP contribution in [-0.4, -0.2) is 64.9 Å². The first kappa shape index (κ1) is 20.8. The number of nitrogens with zero attached hydrogens (tertiary/aromatic N) is 3. The Morgan fingerprint density at radius 3 is 2.81 bits per heavy atom. The molecule has 3 N–H and O–H groups in total. The lowest BCUT2D eigenvalue weighted by Gasteiger charge is -2.35. The Labute approximate surface area is 179 Å². The summed E-state index contributed by atoms with van der Waals surface area (Å²) in [5.74, 6) is -0.665. The van der Waals surface area contributed by atoms with Crippen molar-refractivity contribution < 1.29 is 14.0 Å². The lowest BCUT2D eigenvalue weighted by molar-refractivity contribution is 0.0630. The normalized spacial score (nSPS) is 16.5. The van der Waals surface area contributed by atoms with Gasteiger partial charge in [-0.25, -0.2) is 9.78 Å². The predicted molar refractivity (Wildman–Crippen MR) is 118 cm³/mol. The highest BCUT2D eigenvalue weighted by molar-refractivity contribution is 6.08. The predicted octanol–water partition coefficient (Wildman–Crippen LogP) is 3.51. The summed E-state index contributed by atoms with van der Waals surface area (Å²) in [5.41, 5.74) is 2.18. The summed E-state index contributed by atoms with van der Waals surface area (Å²) in [5, 5.41) is 6.12. The number of likely N-dealkylation sites (tertiary alicyclic amines) is 1. The smallest absolute Gasteiger partial charge is 0.323 e. The van der Waals surface area contributed by atoms with Crippen LogP contribution in [0.25, 0.3) is 10.9 Å². The van der Waals surface area contributed by atoms with Crippen LogP contribution in [0.15, 0.2) is 42.6 Å². The van der Waals surface area contributed by atoms with Crippen molar-refractivity contribution in [2.24, 2.45) is 0 Å². The molecule has 8 nitrogen and oxygen atoms in total. The maximum absolute atomic E-state index is 13.1. The lowest BCUT2D eigenvalue weighted by Crippen LogP contribution is -2.47. The number of hydrogen-bond donors (Lipinski definition) is 3. The van der Waals surface area contributed by atoms with E-state index in [1.54, 1.807) is 18.2 Å². The third kappa shape index (κ3) is 4.66. The average molecular weight is 424 g/mol. The number of aromatic amines is 1. The Kier molecular flexibility index (Phi) is 5.85. The topological polar surface area (TPSA) is 93.4 Å². The second-order valence-corrected chi connectivity index (χ2v) is 7.91. The molecular weight excluding hydrogens is 399 g/mol. The summed E-state index contributed by atoms with van der Waals surface area (Å²) in [6, 6.07) is 9.64. The molecule has 0 spiro atoms. The molecule has 3 amide bonds. The van der Waals surface area contributed by atoms with Crippen molar-refractivity contribution in [1.29, 1.82) is 0 Å². The van der Waals surface area contributed by atoms with E-state index in [1.165, 1.54) is 18.3 Å². The van der Waals surface area contributed by atoms with E-state index < -0.39 is 12.0 Å². The van der Waals surface area contributed by atoms with Gasteiger partial charge in [-0.2, -0.15) is 4.39 Å². The molecule has 1 aromatic carbocycles. The van der Waals surface area contributed by atoms with Crippen LogP contribution in [0.2, 0.25) is 0 Å². The Morgan fingerprint density at radius 1 is 1.23 bits per heavy atom. The molecule has 1 atom stereocenters. The number of benzene rings is 1. The van der Waals surface area contributed by atoms with Crippen molar-refractivity contribution in [2.45, 2.75) is 18.9 Å². The Morgan fingerprint density at radius 2 is 2.06 bits per heavy atom. The highest BCUT2D eigenvalue weighted by Crippen LogP contribution is 2.26. The number of carbonyl (C=O) groups is 2. The number of anilines is 2. The molecule has 1 aliphatic rings. The van der Waals surface area contributed by atoms with Gasteiger partial charge in [-0.05, 0) is 57.3 Å². The molecule has 1 fully saturated rings. The van der Waals surface area contributed by atoms with Crippen LogP contribution in [0.5, 0.6) is 0 Å². The zero-order valence-electron chi connectivity index (χ0n) is 17.5. The summed E-state index contributed by atoms with van der Waals surface area (Å²) in [6.07, 6.45) is 3.29. The number of H-pyrrole nitrogens is 1. The van der Waals surface area contributed by atoms with E-state index in [4.69, 9.17) is 0 Å². The molecule has 0 aliphatic carbocycles. The lowest BCUT2D eigenvalue weighted by atomic mass is 10.0. The molecule has 31 heavy (non-hydrogen) atoms. The number of pyridine rings is 1. The minimum Gasteiger partial charge on any atom is -0.350 e. The zero-order valence-corrected chi connectivity index (χ0v) is 17.5. The summed E-state index contributed by atoms with van der Waals surface area (Å²) >= 11 is 0. The van der Waals surface area contributed by atoms with Crippen molar-refractivity contribution in [1.82, 2.24) is 19.8 Å². The highest BCUT2D eigenvalue weighted by atomic mass is 19.1. The molecule has 0 saturated carbocycles. The second kappa shape index (κ2) is 8.73. The van der Waals surface area contributed by atoms with E-state index in [0.29, 0.717) is 29.7 Å². The van der Waals surface area contributed by atoms with E-state index in [1.807, 2.05) is 25.1 Å². The minimum absolute atomic E-state index is 0.0458. The molecular formula is C22H25FN6O2. The molecule has 3 aromatic rings. The van der Waals surface area contributed by atoms with Crippen molar-refractivity contribution >= 4 is 34.2 Å². The molecule has 0 bridgehead atoms. The maximum Gasteiger partial charge on any atom is 0.323 e. The standard InChI is InChI=1S/C22H25FN6O2/c1-28(2)15-5-4-10-29(13-15)21(30)19-11-16-17(26-19)6-3-7-18(16)27-22(31)25-14-8-9-20(23)24-12-14/h3,6-9,11-12,15,26H,4-5,10,13H2,1-2H3,(H2,25,27,31). The van der Waals surface area contributed by atoms with Crippen molar-refractivity contribution in [3.8, 4) is 0 Å². The number of fused-ring (bicyclic) bond motifs is 1. The molecule has 1 saturated heterocycles. The van der Waals surface area contributed by atoms with Gasteiger partial charge in [0.15, 0.2) is 0 Å². The first-order valence-corrected chi connectivity index (χ1v) is 10.2. The minimum atomic E-state index is -0.620. The van der Waals surface area contributed by atoms with Gasteiger partial charge in [-0.3, -0.25) is 4.79 Å². The van der Waals surface area contributed by atoms with Crippen molar-refractivity contribution in [3.63, 3.8) is 0 Å². The SMILES string of the molecule is CN(C)C1CCCN(C(=O)c2cc3c(NC(=O)Nc4ccc(F)nc4)cccc3[nH]2)C1. The molecule has 1 unspecified atom stereocenters. The van der Waals surface area contributed by atoms with Gasteiger partial charge in [-0.15, -0.1) is 0 Å². The fourth-order valence-corrected chi connectivity index (χ4v) is 3.84. The summed E-state index contributed by atoms with van der Waals surface area (Å²) in [4.78, 5) is 36.2. The number of likely N-dealkylation sites (N-methyl/N-ethyl adjacent to an activating group) is 1. The van der Waals surface area contributed by atoms with Crippen LogP contribution >= 0.6 is 0 Å². The van der Waals surface area contributed by atoms with E-state index in [0.717, 1.165) is 30.3 Å². The van der Waals surface area contributed by atoms with Crippen LogP contribution < -0.4 is 10.6 Å². The Hall–Kier alpha value is -3.46. The number of amides is 3. The maximum atomic E-state index is 13.1.